The van der Waals surface area contributed by atoms with E-state index in [4.69, 9.17) is 0 Å². The van der Waals surface area contributed by atoms with Gasteiger partial charge in [-0.25, -0.2) is 0 Å². The van der Waals surface area contributed by atoms with Gasteiger partial charge in [-0.3, -0.25) is 0 Å². The van der Waals surface area contributed by atoms with Crippen LogP contribution >= 0.6 is 0 Å². The third-order valence-electron chi connectivity index (χ3n) is 2.50. The van der Waals surface area contributed by atoms with Gasteiger partial charge in [-0.15, -0.1) is 0 Å². The zero-order valence-electron chi connectivity index (χ0n) is 9.19. The van der Waals surface area contributed by atoms with Gasteiger partial charge in [0.05, 0.1) is 0 Å². The van der Waals surface area contributed by atoms with Crippen LogP contribution in [0, 0.1) is 5.92 Å². The number of hydrogen-bond donors (Lipinski definition) is 1. The Labute approximate surface area is 77.9 Å². The fourth-order valence-electron chi connectivity index (χ4n) is 1.82. The largest absolute Gasteiger partial charge is 0.314 e. The molecular formula is C11H25N. The highest BCUT2D eigenvalue weighted by Crippen LogP contribution is 2.14. The Morgan fingerprint density at radius 1 is 1.00 bits per heavy atom. The molecule has 0 radical (unpaired) electrons. The van der Waals surface area contributed by atoms with E-state index < -0.39 is 0 Å². The zero-order chi connectivity index (χ0) is 9.40. The Hall–Kier alpha value is -0.0400. The molecule has 0 amide bonds. The first-order valence-corrected chi connectivity index (χ1v) is 5.49. The minimum Gasteiger partial charge on any atom is -0.314 e. The second kappa shape index (κ2) is 7.60. The molecule has 2 atom stereocenters. The average molecular weight is 171 g/mol. The third kappa shape index (κ3) is 4.76. The van der Waals surface area contributed by atoms with Gasteiger partial charge >= 0.3 is 0 Å². The summed E-state index contributed by atoms with van der Waals surface area (Å²) in [6.07, 6.45) is 5.30. The summed E-state index contributed by atoms with van der Waals surface area (Å²) in [7, 11) is 0. The van der Waals surface area contributed by atoms with Crippen molar-refractivity contribution in [2.75, 3.05) is 6.54 Å². The predicted molar refractivity (Wildman–Crippen MR) is 56.4 cm³/mol. The highest BCUT2D eigenvalue weighted by Gasteiger charge is 2.13. The summed E-state index contributed by atoms with van der Waals surface area (Å²) >= 11 is 0. The molecule has 1 N–H and O–H groups in total. The molecule has 12 heavy (non-hydrogen) atoms. The molecule has 74 valence electrons. The highest BCUT2D eigenvalue weighted by molar-refractivity contribution is 4.71. The van der Waals surface area contributed by atoms with Gasteiger partial charge in [0.2, 0.25) is 0 Å². The molecule has 0 bridgehead atoms. The second-order valence-electron chi connectivity index (χ2n) is 3.72. The Kier molecular flexibility index (Phi) is 7.58. The summed E-state index contributed by atoms with van der Waals surface area (Å²) in [5.74, 6) is 0.842. The molecule has 0 heterocycles. The van der Waals surface area contributed by atoms with Gasteiger partial charge in [0.1, 0.15) is 0 Å². The van der Waals surface area contributed by atoms with Gasteiger partial charge in [0.15, 0.2) is 0 Å². The van der Waals surface area contributed by atoms with E-state index in [1.165, 1.54) is 25.7 Å². The molecule has 0 fully saturated rings. The molecule has 1 nitrogen and oxygen atoms in total. The zero-order valence-corrected chi connectivity index (χ0v) is 9.19. The Morgan fingerprint density at radius 2 is 1.58 bits per heavy atom. The molecule has 0 aliphatic rings. The first-order valence-electron chi connectivity index (χ1n) is 5.49. The van der Waals surface area contributed by atoms with Gasteiger partial charge in [0, 0.05) is 6.04 Å². The molecule has 2 unspecified atom stereocenters. The maximum Gasteiger partial charge on any atom is 0.00924 e. The lowest BCUT2D eigenvalue weighted by atomic mass is 9.93. The van der Waals surface area contributed by atoms with E-state index in [-0.39, 0.29) is 0 Å². The third-order valence-corrected chi connectivity index (χ3v) is 2.50. The van der Waals surface area contributed by atoms with Crippen molar-refractivity contribution < 1.29 is 0 Å². The Bertz CT molecular complexity index is 85.0. The lowest BCUT2D eigenvalue weighted by molar-refractivity contribution is 0.340. The summed E-state index contributed by atoms with van der Waals surface area (Å²) in [5, 5.41) is 3.57. The monoisotopic (exact) mass is 171 g/mol. The van der Waals surface area contributed by atoms with Crippen LogP contribution in [0.25, 0.3) is 0 Å². The van der Waals surface area contributed by atoms with Crippen LogP contribution in [0.1, 0.15) is 53.4 Å². The lowest BCUT2D eigenvalue weighted by Crippen LogP contribution is -2.34. The van der Waals surface area contributed by atoms with Crippen LogP contribution in [0.15, 0.2) is 0 Å². The molecule has 0 aromatic heterocycles. The fraction of sp³-hybridized carbons (Fsp3) is 1.00. The van der Waals surface area contributed by atoms with Crippen LogP contribution in [0.3, 0.4) is 0 Å². The second-order valence-corrected chi connectivity index (χ2v) is 3.72. The minimum atomic E-state index is 0.750. The lowest BCUT2D eigenvalue weighted by Gasteiger charge is -2.23. The van der Waals surface area contributed by atoms with Crippen molar-refractivity contribution in [3.8, 4) is 0 Å². The van der Waals surface area contributed by atoms with E-state index in [0.717, 1.165) is 18.5 Å². The summed E-state index contributed by atoms with van der Waals surface area (Å²) in [6.45, 7) is 10.2. The molecule has 0 saturated heterocycles. The van der Waals surface area contributed by atoms with Gasteiger partial charge in [0.25, 0.3) is 0 Å². The fourth-order valence-corrected chi connectivity index (χ4v) is 1.82. The van der Waals surface area contributed by atoms with E-state index in [9.17, 15) is 0 Å². The van der Waals surface area contributed by atoms with E-state index in [1.54, 1.807) is 0 Å². The molecular weight excluding hydrogens is 146 g/mol. The summed E-state index contributed by atoms with van der Waals surface area (Å²) < 4.78 is 0. The molecule has 0 spiro atoms. The maximum atomic E-state index is 3.57. The molecule has 0 saturated carbocycles. The first kappa shape index (κ1) is 12.0. The van der Waals surface area contributed by atoms with Crippen LogP contribution in [0.4, 0.5) is 0 Å². The number of hydrogen-bond acceptors (Lipinski definition) is 1. The highest BCUT2D eigenvalue weighted by atomic mass is 14.9. The van der Waals surface area contributed by atoms with Crippen LogP contribution in [-0.2, 0) is 0 Å². The molecule has 0 aromatic rings. The molecule has 0 rings (SSSR count). The summed E-state index contributed by atoms with van der Waals surface area (Å²) in [4.78, 5) is 0. The van der Waals surface area contributed by atoms with Crippen molar-refractivity contribution in [1.82, 2.24) is 5.32 Å². The predicted octanol–water partition coefficient (Wildman–Crippen LogP) is 3.20. The van der Waals surface area contributed by atoms with Gasteiger partial charge in [-0.05, 0) is 25.3 Å². The Balaban J connectivity index is 3.72. The number of nitrogens with one attached hydrogen (secondary N) is 1. The normalized spacial score (nSPS) is 16.0. The topological polar surface area (TPSA) is 12.0 Å². The van der Waals surface area contributed by atoms with Crippen LogP contribution in [-0.4, -0.2) is 12.6 Å². The molecule has 0 aromatic carbocycles. The van der Waals surface area contributed by atoms with Crippen molar-refractivity contribution in [2.45, 2.75) is 59.4 Å². The van der Waals surface area contributed by atoms with E-state index in [0.29, 0.717) is 0 Å². The van der Waals surface area contributed by atoms with E-state index >= 15 is 0 Å². The smallest absolute Gasteiger partial charge is 0.00924 e. The Morgan fingerprint density at radius 3 is 2.00 bits per heavy atom. The van der Waals surface area contributed by atoms with Crippen molar-refractivity contribution in [3.05, 3.63) is 0 Å². The van der Waals surface area contributed by atoms with E-state index in [1.807, 2.05) is 0 Å². The molecule has 1 heteroatoms. The van der Waals surface area contributed by atoms with Gasteiger partial charge < -0.3 is 5.32 Å². The van der Waals surface area contributed by atoms with Crippen LogP contribution in [0.2, 0.25) is 0 Å². The van der Waals surface area contributed by atoms with Crippen LogP contribution < -0.4 is 5.32 Å². The van der Waals surface area contributed by atoms with Crippen molar-refractivity contribution in [2.24, 2.45) is 5.92 Å². The first-order chi connectivity index (χ1) is 5.76. The number of rotatable bonds is 7. The summed E-state index contributed by atoms with van der Waals surface area (Å²) in [5.41, 5.74) is 0. The standard InChI is InChI=1S/C11H25N/c1-5-8-10(4)11(9-6-2)12-7-3/h10-12H,5-9H2,1-4H3. The minimum absolute atomic E-state index is 0.750. The van der Waals surface area contributed by atoms with Crippen molar-refractivity contribution in [3.63, 3.8) is 0 Å². The molecule has 0 aliphatic heterocycles. The van der Waals surface area contributed by atoms with Crippen molar-refractivity contribution in [1.29, 1.82) is 0 Å². The van der Waals surface area contributed by atoms with Crippen molar-refractivity contribution >= 4 is 0 Å². The van der Waals surface area contributed by atoms with E-state index in [2.05, 4.69) is 33.0 Å². The quantitative estimate of drug-likeness (QED) is 0.620. The summed E-state index contributed by atoms with van der Waals surface area (Å²) in [6, 6.07) is 0.750. The van der Waals surface area contributed by atoms with Gasteiger partial charge in [-0.1, -0.05) is 40.5 Å². The maximum absolute atomic E-state index is 3.57. The molecule has 0 aliphatic carbocycles. The van der Waals surface area contributed by atoms with Gasteiger partial charge in [-0.2, -0.15) is 0 Å². The average Bonchev–Trinajstić information content (AvgIpc) is 2.04. The SMILES string of the molecule is CCCC(C)C(CCC)NCC. The van der Waals surface area contributed by atoms with Crippen LogP contribution in [0.5, 0.6) is 0 Å².